The highest BCUT2D eigenvalue weighted by Gasteiger charge is 1.84. The van der Waals surface area contributed by atoms with Gasteiger partial charge in [-0.15, -0.1) is 0 Å². The summed E-state index contributed by atoms with van der Waals surface area (Å²) in [5.74, 6) is 0. The van der Waals surface area contributed by atoms with Crippen LogP contribution in [0.2, 0.25) is 0 Å². The van der Waals surface area contributed by atoms with E-state index in [1.54, 1.807) is 0 Å². The molecule has 0 fully saturated rings. The molecular weight excluding hydrogens is 286 g/mol. The lowest BCUT2D eigenvalue weighted by Gasteiger charge is -2.03. The Morgan fingerprint density at radius 1 is 0.682 bits per heavy atom. The molecule has 136 valence electrons. The fraction of sp³-hybridized carbons (Fsp3) is 0.923. The highest BCUT2D eigenvalue weighted by molar-refractivity contribution is 5.61. The Hall–Kier alpha value is -0.970. The average molecular weight is 323 g/mol. The van der Waals surface area contributed by atoms with Crippen LogP contribution in [-0.4, -0.2) is 63.6 Å². The summed E-state index contributed by atoms with van der Waals surface area (Å²) >= 11 is 0. The van der Waals surface area contributed by atoms with Gasteiger partial charge in [0, 0.05) is 39.3 Å². The SMILES string of the molecule is NC(=O)O.NCCCCCCN.NCCNCCNCCN. The molecule has 0 aromatic heterocycles. The van der Waals surface area contributed by atoms with E-state index in [-0.39, 0.29) is 0 Å². The number of amides is 1. The van der Waals surface area contributed by atoms with Gasteiger partial charge >= 0.3 is 6.09 Å². The van der Waals surface area contributed by atoms with Gasteiger partial charge in [0.1, 0.15) is 0 Å². The van der Waals surface area contributed by atoms with Crippen molar-refractivity contribution in [2.75, 3.05) is 52.4 Å². The Morgan fingerprint density at radius 2 is 1.00 bits per heavy atom. The van der Waals surface area contributed by atoms with E-state index in [9.17, 15) is 0 Å². The molecule has 0 aliphatic heterocycles. The number of unbranched alkanes of at least 4 members (excludes halogenated alkanes) is 3. The number of hydrogen-bond donors (Lipinski definition) is 8. The monoisotopic (exact) mass is 323 g/mol. The van der Waals surface area contributed by atoms with Gasteiger partial charge in [0.05, 0.1) is 0 Å². The molecule has 0 bridgehead atoms. The third kappa shape index (κ3) is 50.8. The summed E-state index contributed by atoms with van der Waals surface area (Å²) in [6.07, 6.45) is 3.46. The summed E-state index contributed by atoms with van der Waals surface area (Å²) in [6.45, 7) is 6.78. The number of hydrogen-bond acceptors (Lipinski definition) is 7. The number of primary amides is 1. The van der Waals surface area contributed by atoms with Crippen molar-refractivity contribution in [1.29, 1.82) is 0 Å². The van der Waals surface area contributed by atoms with Crippen molar-refractivity contribution in [3.05, 3.63) is 0 Å². The van der Waals surface area contributed by atoms with E-state index >= 15 is 0 Å². The van der Waals surface area contributed by atoms with Crippen LogP contribution in [0.5, 0.6) is 0 Å². The summed E-state index contributed by atoms with van der Waals surface area (Å²) in [6, 6.07) is 0. The first-order valence-corrected chi connectivity index (χ1v) is 7.76. The quantitative estimate of drug-likeness (QED) is 0.192. The van der Waals surface area contributed by atoms with Crippen LogP contribution in [-0.2, 0) is 0 Å². The fourth-order valence-electron chi connectivity index (χ4n) is 1.27. The number of nitrogens with two attached hydrogens (primary N) is 5. The van der Waals surface area contributed by atoms with Crippen LogP contribution >= 0.6 is 0 Å². The van der Waals surface area contributed by atoms with Gasteiger partial charge in [-0.2, -0.15) is 0 Å². The Bertz CT molecular complexity index is 179. The molecule has 13 N–H and O–H groups in total. The first kappa shape index (κ1) is 26.0. The second-order valence-corrected chi connectivity index (χ2v) is 4.41. The third-order valence-corrected chi connectivity index (χ3v) is 2.28. The van der Waals surface area contributed by atoms with Gasteiger partial charge in [-0.05, 0) is 25.9 Å². The number of carboxylic acid groups (broad SMARTS) is 1. The van der Waals surface area contributed by atoms with Crippen LogP contribution in [0.1, 0.15) is 25.7 Å². The molecule has 9 heteroatoms. The minimum atomic E-state index is -1.33. The molecule has 0 radical (unpaired) electrons. The molecule has 0 spiro atoms. The van der Waals surface area contributed by atoms with Crippen molar-refractivity contribution in [1.82, 2.24) is 10.6 Å². The standard InChI is InChI=1S/C6H18N4.C6H16N2.CH3NO2/c7-1-3-9-5-6-10-4-2-8;7-5-3-1-2-4-6-8;2-1(3)4/h9-10H,1-8H2;1-8H2;2H2,(H,3,4). The molecule has 0 saturated heterocycles. The van der Waals surface area contributed by atoms with E-state index in [0.717, 1.165) is 52.1 Å². The van der Waals surface area contributed by atoms with Crippen molar-refractivity contribution < 1.29 is 9.90 Å². The number of rotatable bonds is 12. The van der Waals surface area contributed by atoms with Gasteiger partial charge in [0.15, 0.2) is 0 Å². The topological polar surface area (TPSA) is 191 Å². The maximum Gasteiger partial charge on any atom is 0.402 e. The maximum absolute atomic E-state index is 8.78. The largest absolute Gasteiger partial charge is 0.465 e. The zero-order valence-corrected chi connectivity index (χ0v) is 13.7. The normalized spacial score (nSPS) is 9.27. The van der Waals surface area contributed by atoms with Crippen LogP contribution in [0.15, 0.2) is 0 Å². The van der Waals surface area contributed by atoms with E-state index in [2.05, 4.69) is 16.4 Å². The van der Waals surface area contributed by atoms with Gasteiger partial charge < -0.3 is 44.4 Å². The lowest BCUT2D eigenvalue weighted by Crippen LogP contribution is -2.32. The molecule has 0 aliphatic rings. The van der Waals surface area contributed by atoms with Gasteiger partial charge in [-0.1, -0.05) is 12.8 Å². The van der Waals surface area contributed by atoms with Crippen molar-refractivity contribution in [2.24, 2.45) is 28.7 Å². The molecule has 0 aliphatic carbocycles. The van der Waals surface area contributed by atoms with Crippen LogP contribution in [0.25, 0.3) is 0 Å². The minimum absolute atomic E-state index is 0.705. The number of carbonyl (C=O) groups is 1. The second-order valence-electron chi connectivity index (χ2n) is 4.41. The van der Waals surface area contributed by atoms with Crippen LogP contribution in [0.3, 0.4) is 0 Å². The van der Waals surface area contributed by atoms with E-state index in [0.29, 0.717) is 13.1 Å². The Balaban J connectivity index is -0.000000269. The molecule has 0 rings (SSSR count). The summed E-state index contributed by atoms with van der Waals surface area (Å²) in [4.78, 5) is 8.78. The molecule has 0 heterocycles. The highest BCUT2D eigenvalue weighted by atomic mass is 16.4. The summed E-state index contributed by atoms with van der Waals surface area (Å²) < 4.78 is 0. The molecule has 1 amide bonds. The Morgan fingerprint density at radius 3 is 1.23 bits per heavy atom. The van der Waals surface area contributed by atoms with Crippen molar-refractivity contribution in [2.45, 2.75) is 25.7 Å². The maximum atomic E-state index is 8.78. The first-order valence-electron chi connectivity index (χ1n) is 7.76. The predicted octanol–water partition coefficient (Wildman–Crippen LogP) is -1.83. The average Bonchev–Trinajstić information content (AvgIpc) is 2.48. The minimum Gasteiger partial charge on any atom is -0.465 e. The number of nitrogens with one attached hydrogen (secondary N) is 2. The summed E-state index contributed by atoms with van der Waals surface area (Å²) in [5.41, 5.74) is 25.1. The van der Waals surface area contributed by atoms with Crippen molar-refractivity contribution in [3.63, 3.8) is 0 Å². The van der Waals surface area contributed by atoms with Crippen molar-refractivity contribution >= 4 is 6.09 Å². The molecule has 0 aromatic carbocycles. The van der Waals surface area contributed by atoms with Crippen LogP contribution in [0.4, 0.5) is 4.79 Å². The fourth-order valence-corrected chi connectivity index (χ4v) is 1.27. The summed E-state index contributed by atoms with van der Waals surface area (Å²) in [7, 11) is 0. The lowest BCUT2D eigenvalue weighted by molar-refractivity contribution is 0.205. The third-order valence-electron chi connectivity index (χ3n) is 2.28. The highest BCUT2D eigenvalue weighted by Crippen LogP contribution is 1.95. The Kier molecular flexibility index (Phi) is 33.3. The molecule has 0 aromatic rings. The first-order chi connectivity index (χ1) is 10.6. The van der Waals surface area contributed by atoms with Crippen LogP contribution in [0, 0.1) is 0 Å². The second kappa shape index (κ2) is 28.2. The lowest BCUT2D eigenvalue weighted by atomic mass is 10.2. The summed E-state index contributed by atoms with van der Waals surface area (Å²) in [5, 5.41) is 13.5. The molecule has 0 unspecified atom stereocenters. The van der Waals surface area contributed by atoms with Crippen molar-refractivity contribution in [3.8, 4) is 0 Å². The zero-order valence-electron chi connectivity index (χ0n) is 13.7. The zero-order chi connectivity index (χ0) is 17.5. The van der Waals surface area contributed by atoms with Gasteiger partial charge in [-0.3, -0.25) is 0 Å². The molecule has 9 nitrogen and oxygen atoms in total. The smallest absolute Gasteiger partial charge is 0.402 e. The molecule has 22 heavy (non-hydrogen) atoms. The van der Waals surface area contributed by atoms with Crippen LogP contribution < -0.4 is 39.3 Å². The predicted molar refractivity (Wildman–Crippen MR) is 92.6 cm³/mol. The van der Waals surface area contributed by atoms with E-state index < -0.39 is 6.09 Å². The molecular formula is C13H37N7O2. The van der Waals surface area contributed by atoms with Gasteiger partial charge in [-0.25, -0.2) is 4.79 Å². The van der Waals surface area contributed by atoms with Gasteiger partial charge in [0.25, 0.3) is 0 Å². The van der Waals surface area contributed by atoms with E-state index in [4.69, 9.17) is 32.8 Å². The van der Waals surface area contributed by atoms with E-state index in [1.165, 1.54) is 12.8 Å². The Labute approximate surface area is 134 Å². The molecule has 0 atom stereocenters. The molecule has 0 saturated carbocycles. The van der Waals surface area contributed by atoms with Gasteiger partial charge in [0.2, 0.25) is 0 Å². The van der Waals surface area contributed by atoms with E-state index in [1.807, 2.05) is 0 Å².